The van der Waals surface area contributed by atoms with Crippen LogP contribution in [0.3, 0.4) is 0 Å². The topological polar surface area (TPSA) is 12.0 Å². The molecule has 1 aromatic carbocycles. The Bertz CT molecular complexity index is 452. The maximum Gasteiger partial charge on any atom is 0.0328 e. The van der Waals surface area contributed by atoms with Crippen LogP contribution < -0.4 is 5.32 Å². The van der Waals surface area contributed by atoms with E-state index < -0.39 is 0 Å². The van der Waals surface area contributed by atoms with E-state index in [2.05, 4.69) is 53.3 Å². The molecule has 2 aliphatic rings. The molecule has 0 heterocycles. The maximum absolute atomic E-state index is 3.89. The van der Waals surface area contributed by atoms with Crippen LogP contribution in [0.15, 0.2) is 22.7 Å². The lowest BCUT2D eigenvalue weighted by molar-refractivity contribution is 0.352. The van der Waals surface area contributed by atoms with E-state index in [0.29, 0.717) is 11.5 Å². The average molecular weight is 308 g/mol. The van der Waals surface area contributed by atoms with Crippen molar-refractivity contribution in [1.82, 2.24) is 5.32 Å². The van der Waals surface area contributed by atoms with Crippen molar-refractivity contribution in [2.45, 2.75) is 58.0 Å². The molecule has 2 unspecified atom stereocenters. The quantitative estimate of drug-likeness (QED) is 0.841. The SMILES string of the molecule is CC1(C)CCC(NC2CCc3cc(Br)ccc32)C1. The molecule has 2 heteroatoms. The summed E-state index contributed by atoms with van der Waals surface area (Å²) >= 11 is 3.57. The number of fused-ring (bicyclic) bond motifs is 1. The van der Waals surface area contributed by atoms with Crippen molar-refractivity contribution in [3.63, 3.8) is 0 Å². The fourth-order valence-corrected chi connectivity index (χ4v) is 4.03. The van der Waals surface area contributed by atoms with Crippen molar-refractivity contribution in [1.29, 1.82) is 0 Å². The highest BCUT2D eigenvalue weighted by atomic mass is 79.9. The minimum atomic E-state index is 0.540. The number of rotatable bonds is 2. The van der Waals surface area contributed by atoms with Gasteiger partial charge in [-0.25, -0.2) is 0 Å². The van der Waals surface area contributed by atoms with Gasteiger partial charge in [0.05, 0.1) is 0 Å². The van der Waals surface area contributed by atoms with Gasteiger partial charge in [0.25, 0.3) is 0 Å². The van der Waals surface area contributed by atoms with Gasteiger partial charge in [0, 0.05) is 16.6 Å². The highest BCUT2D eigenvalue weighted by molar-refractivity contribution is 9.10. The Morgan fingerprint density at radius 2 is 2.11 bits per heavy atom. The highest BCUT2D eigenvalue weighted by Crippen LogP contribution is 2.40. The zero-order valence-electron chi connectivity index (χ0n) is 11.3. The zero-order chi connectivity index (χ0) is 12.8. The van der Waals surface area contributed by atoms with Crippen LogP contribution in [-0.4, -0.2) is 6.04 Å². The van der Waals surface area contributed by atoms with E-state index in [1.807, 2.05) is 0 Å². The maximum atomic E-state index is 3.89. The Hall–Kier alpha value is -0.340. The second-order valence-electron chi connectivity index (χ2n) is 6.70. The summed E-state index contributed by atoms with van der Waals surface area (Å²) in [6, 6.07) is 8.07. The molecule has 3 rings (SSSR count). The summed E-state index contributed by atoms with van der Waals surface area (Å²) in [6.45, 7) is 4.79. The lowest BCUT2D eigenvalue weighted by atomic mass is 9.91. The molecule has 0 bridgehead atoms. The van der Waals surface area contributed by atoms with Crippen LogP contribution in [0.4, 0.5) is 0 Å². The fourth-order valence-electron chi connectivity index (χ4n) is 3.62. The van der Waals surface area contributed by atoms with E-state index in [1.165, 1.54) is 47.7 Å². The van der Waals surface area contributed by atoms with Crippen LogP contribution >= 0.6 is 15.9 Å². The fraction of sp³-hybridized carbons (Fsp3) is 0.625. The molecule has 0 spiro atoms. The van der Waals surface area contributed by atoms with Crippen molar-refractivity contribution in [3.05, 3.63) is 33.8 Å². The highest BCUT2D eigenvalue weighted by Gasteiger charge is 2.33. The van der Waals surface area contributed by atoms with Gasteiger partial charge >= 0.3 is 0 Å². The minimum absolute atomic E-state index is 0.540. The molecule has 98 valence electrons. The number of nitrogens with one attached hydrogen (secondary N) is 1. The van der Waals surface area contributed by atoms with Crippen LogP contribution in [0.5, 0.6) is 0 Å². The summed E-state index contributed by atoms with van der Waals surface area (Å²) in [4.78, 5) is 0. The molecule has 1 aromatic rings. The number of benzene rings is 1. The lowest BCUT2D eigenvalue weighted by Crippen LogP contribution is -2.30. The lowest BCUT2D eigenvalue weighted by Gasteiger charge is -2.22. The monoisotopic (exact) mass is 307 g/mol. The van der Waals surface area contributed by atoms with Crippen molar-refractivity contribution >= 4 is 15.9 Å². The first-order valence-electron chi connectivity index (χ1n) is 7.08. The number of hydrogen-bond donors (Lipinski definition) is 1. The Balaban J connectivity index is 1.70. The van der Waals surface area contributed by atoms with Gasteiger partial charge < -0.3 is 5.32 Å². The molecular formula is C16H22BrN. The molecule has 2 atom stereocenters. The summed E-state index contributed by atoms with van der Waals surface area (Å²) in [5.41, 5.74) is 3.60. The van der Waals surface area contributed by atoms with Crippen LogP contribution in [0.1, 0.15) is 56.7 Å². The van der Waals surface area contributed by atoms with E-state index in [0.717, 1.165) is 6.04 Å². The van der Waals surface area contributed by atoms with Gasteiger partial charge in [-0.3, -0.25) is 0 Å². The summed E-state index contributed by atoms with van der Waals surface area (Å²) in [5.74, 6) is 0. The van der Waals surface area contributed by atoms with Crippen molar-refractivity contribution in [2.24, 2.45) is 5.41 Å². The molecule has 0 saturated heterocycles. The first-order chi connectivity index (χ1) is 8.53. The molecule has 1 N–H and O–H groups in total. The van der Waals surface area contributed by atoms with E-state index in [-0.39, 0.29) is 0 Å². The molecule has 0 radical (unpaired) electrons. The number of hydrogen-bond acceptors (Lipinski definition) is 1. The van der Waals surface area contributed by atoms with Crippen LogP contribution in [0.2, 0.25) is 0 Å². The molecule has 0 amide bonds. The minimum Gasteiger partial charge on any atom is -0.307 e. The number of aryl methyl sites for hydroxylation is 1. The van der Waals surface area contributed by atoms with E-state index in [4.69, 9.17) is 0 Å². The predicted molar refractivity (Wildman–Crippen MR) is 79.8 cm³/mol. The summed E-state index contributed by atoms with van der Waals surface area (Å²) in [6.07, 6.45) is 6.53. The van der Waals surface area contributed by atoms with E-state index >= 15 is 0 Å². The van der Waals surface area contributed by atoms with Gasteiger partial charge in [-0.1, -0.05) is 35.8 Å². The Kier molecular flexibility index (Phi) is 3.27. The van der Waals surface area contributed by atoms with Gasteiger partial charge in [-0.05, 0) is 60.8 Å². The summed E-state index contributed by atoms with van der Waals surface area (Å²) in [5, 5.41) is 3.89. The molecule has 1 nitrogen and oxygen atoms in total. The third-order valence-electron chi connectivity index (χ3n) is 4.59. The van der Waals surface area contributed by atoms with Crippen molar-refractivity contribution in [3.8, 4) is 0 Å². The standard InChI is InChI=1S/C16H22BrN/c1-16(2)8-7-13(10-16)18-15-6-3-11-9-12(17)4-5-14(11)15/h4-5,9,13,15,18H,3,6-8,10H2,1-2H3. The third-order valence-corrected chi connectivity index (χ3v) is 5.08. The van der Waals surface area contributed by atoms with Crippen LogP contribution in [0, 0.1) is 5.41 Å². The molecule has 2 aliphatic carbocycles. The van der Waals surface area contributed by atoms with Gasteiger partial charge in [0.15, 0.2) is 0 Å². The van der Waals surface area contributed by atoms with Crippen molar-refractivity contribution in [2.75, 3.05) is 0 Å². The van der Waals surface area contributed by atoms with E-state index in [1.54, 1.807) is 0 Å². The second kappa shape index (κ2) is 4.64. The smallest absolute Gasteiger partial charge is 0.0328 e. The first-order valence-corrected chi connectivity index (χ1v) is 7.87. The normalized spacial score (nSPS) is 29.5. The van der Waals surface area contributed by atoms with Gasteiger partial charge in [0.1, 0.15) is 0 Å². The van der Waals surface area contributed by atoms with Crippen LogP contribution in [0.25, 0.3) is 0 Å². The zero-order valence-corrected chi connectivity index (χ0v) is 12.9. The Labute approximate surface area is 118 Å². The third kappa shape index (κ3) is 2.50. The Morgan fingerprint density at radius 3 is 2.83 bits per heavy atom. The molecule has 18 heavy (non-hydrogen) atoms. The van der Waals surface area contributed by atoms with E-state index in [9.17, 15) is 0 Å². The molecule has 1 fully saturated rings. The van der Waals surface area contributed by atoms with Gasteiger partial charge in [-0.15, -0.1) is 0 Å². The summed E-state index contributed by atoms with van der Waals surface area (Å²) < 4.78 is 1.21. The predicted octanol–water partition coefficient (Wildman–Crippen LogP) is 4.60. The Morgan fingerprint density at radius 1 is 1.28 bits per heavy atom. The molecule has 0 aliphatic heterocycles. The first kappa shape index (κ1) is 12.7. The second-order valence-corrected chi connectivity index (χ2v) is 7.62. The summed E-state index contributed by atoms with van der Waals surface area (Å²) in [7, 11) is 0. The average Bonchev–Trinajstić information content (AvgIpc) is 2.83. The van der Waals surface area contributed by atoms with Gasteiger partial charge in [0.2, 0.25) is 0 Å². The van der Waals surface area contributed by atoms with Crippen LogP contribution in [-0.2, 0) is 6.42 Å². The molecular weight excluding hydrogens is 286 g/mol. The van der Waals surface area contributed by atoms with Crippen molar-refractivity contribution < 1.29 is 0 Å². The largest absolute Gasteiger partial charge is 0.307 e. The molecule has 1 saturated carbocycles. The number of halogens is 1. The van der Waals surface area contributed by atoms with Gasteiger partial charge in [-0.2, -0.15) is 0 Å². The molecule has 0 aromatic heterocycles.